The van der Waals surface area contributed by atoms with Crippen LogP contribution in [-0.2, 0) is 6.18 Å². The molecule has 156 valence electrons. The highest BCUT2D eigenvalue weighted by Crippen LogP contribution is 2.36. The summed E-state index contributed by atoms with van der Waals surface area (Å²) in [6.07, 6.45) is -2.38. The van der Waals surface area contributed by atoms with Crippen LogP contribution in [-0.4, -0.2) is 29.0 Å². The summed E-state index contributed by atoms with van der Waals surface area (Å²) in [7, 11) is 0. The zero-order valence-electron chi connectivity index (χ0n) is 15.3. The van der Waals surface area contributed by atoms with E-state index in [0.29, 0.717) is 11.9 Å². The lowest BCUT2D eigenvalue weighted by molar-refractivity contribution is -0.137. The van der Waals surface area contributed by atoms with E-state index in [-0.39, 0.29) is 33.8 Å². The van der Waals surface area contributed by atoms with Crippen LogP contribution in [0.1, 0.15) is 15.9 Å². The molecule has 10 heteroatoms. The first-order chi connectivity index (χ1) is 14.3. The highest BCUT2D eigenvalue weighted by atomic mass is 35.5. The first kappa shape index (κ1) is 21.9. The molecule has 1 aromatic carbocycles. The standard InChI is InChI=1S/C20H15ClF3N3O2S/c21-16-11-13(20(22,23)24)12-27-19(16)30-18-15(7-4-8-26-18)17(28)25-9-10-29-14-5-2-1-3-6-14/h1-8,11-12H,9-10H2,(H,25,28). The molecule has 0 radical (unpaired) electrons. The minimum absolute atomic E-state index is 0.116. The van der Waals surface area contributed by atoms with Crippen LogP contribution in [0.5, 0.6) is 5.75 Å². The number of halogens is 4. The number of hydrogen-bond donors (Lipinski definition) is 1. The van der Waals surface area contributed by atoms with Crippen molar-refractivity contribution in [3.05, 3.63) is 77.1 Å². The summed E-state index contributed by atoms with van der Waals surface area (Å²) >= 11 is 6.86. The summed E-state index contributed by atoms with van der Waals surface area (Å²) in [4.78, 5) is 20.4. The maximum absolute atomic E-state index is 12.8. The van der Waals surface area contributed by atoms with Crippen molar-refractivity contribution in [1.82, 2.24) is 15.3 Å². The minimum atomic E-state index is -4.54. The topological polar surface area (TPSA) is 64.1 Å². The van der Waals surface area contributed by atoms with Crippen LogP contribution in [0, 0.1) is 0 Å². The molecule has 2 aromatic heterocycles. The third-order valence-electron chi connectivity index (χ3n) is 3.74. The average Bonchev–Trinajstić information content (AvgIpc) is 2.73. The molecule has 3 rings (SSSR count). The number of rotatable bonds is 7. The van der Waals surface area contributed by atoms with Crippen molar-refractivity contribution in [1.29, 1.82) is 0 Å². The number of para-hydroxylation sites is 1. The molecule has 0 spiro atoms. The van der Waals surface area contributed by atoms with Gasteiger partial charge in [-0.3, -0.25) is 4.79 Å². The monoisotopic (exact) mass is 453 g/mol. The Morgan fingerprint density at radius 1 is 1.10 bits per heavy atom. The Kier molecular flexibility index (Phi) is 7.17. The van der Waals surface area contributed by atoms with Gasteiger partial charge in [-0.15, -0.1) is 0 Å². The summed E-state index contributed by atoms with van der Waals surface area (Å²) in [6, 6.07) is 13.1. The van der Waals surface area contributed by atoms with Gasteiger partial charge in [0.1, 0.15) is 22.4 Å². The molecule has 2 heterocycles. The number of amides is 1. The van der Waals surface area contributed by atoms with E-state index in [1.807, 2.05) is 18.2 Å². The zero-order chi connectivity index (χ0) is 21.6. The van der Waals surface area contributed by atoms with Crippen molar-refractivity contribution in [3.63, 3.8) is 0 Å². The average molecular weight is 454 g/mol. The van der Waals surface area contributed by atoms with E-state index >= 15 is 0 Å². The molecule has 0 bridgehead atoms. The normalized spacial score (nSPS) is 11.2. The van der Waals surface area contributed by atoms with Crippen molar-refractivity contribution >= 4 is 29.3 Å². The van der Waals surface area contributed by atoms with Crippen molar-refractivity contribution in [2.75, 3.05) is 13.2 Å². The van der Waals surface area contributed by atoms with Gasteiger partial charge in [-0.05, 0) is 42.1 Å². The predicted octanol–water partition coefficient (Wildman–Crippen LogP) is 5.11. The smallest absolute Gasteiger partial charge is 0.417 e. The number of benzene rings is 1. The summed E-state index contributed by atoms with van der Waals surface area (Å²) in [5, 5.41) is 2.93. The third-order valence-corrected chi connectivity index (χ3v) is 5.18. The van der Waals surface area contributed by atoms with Gasteiger partial charge in [0.25, 0.3) is 5.91 Å². The second kappa shape index (κ2) is 9.82. The Labute approximate surface area is 179 Å². The highest BCUT2D eigenvalue weighted by molar-refractivity contribution is 7.99. The van der Waals surface area contributed by atoms with Gasteiger partial charge >= 0.3 is 6.18 Å². The van der Waals surface area contributed by atoms with E-state index in [2.05, 4.69) is 15.3 Å². The molecule has 0 saturated heterocycles. The lowest BCUT2D eigenvalue weighted by Gasteiger charge is -2.11. The zero-order valence-corrected chi connectivity index (χ0v) is 16.9. The molecule has 3 aromatic rings. The van der Waals surface area contributed by atoms with Crippen LogP contribution in [0.15, 0.2) is 71.0 Å². The van der Waals surface area contributed by atoms with E-state index in [9.17, 15) is 18.0 Å². The molecule has 5 nitrogen and oxygen atoms in total. The molecule has 30 heavy (non-hydrogen) atoms. The first-order valence-electron chi connectivity index (χ1n) is 8.66. The van der Waals surface area contributed by atoms with Crippen LogP contribution in [0.25, 0.3) is 0 Å². The van der Waals surface area contributed by atoms with E-state index < -0.39 is 17.6 Å². The quantitative estimate of drug-likeness (QED) is 0.504. The molecule has 0 aliphatic heterocycles. The predicted molar refractivity (Wildman–Crippen MR) is 107 cm³/mol. The fourth-order valence-electron chi connectivity index (χ4n) is 2.34. The van der Waals surface area contributed by atoms with E-state index in [1.165, 1.54) is 6.20 Å². The maximum atomic E-state index is 12.8. The number of hydrogen-bond acceptors (Lipinski definition) is 5. The SMILES string of the molecule is O=C(NCCOc1ccccc1)c1cccnc1Sc1ncc(C(F)(F)F)cc1Cl. The molecule has 0 atom stereocenters. The number of nitrogens with one attached hydrogen (secondary N) is 1. The van der Waals surface area contributed by atoms with Gasteiger partial charge in [0.2, 0.25) is 0 Å². The summed E-state index contributed by atoms with van der Waals surface area (Å²) in [5.74, 6) is 0.290. The molecule has 1 amide bonds. The maximum Gasteiger partial charge on any atom is 0.417 e. The third kappa shape index (κ3) is 5.87. The summed E-state index contributed by atoms with van der Waals surface area (Å²) < 4.78 is 43.8. The number of aromatic nitrogens is 2. The number of ether oxygens (including phenoxy) is 1. The van der Waals surface area contributed by atoms with Crippen molar-refractivity contribution in [2.24, 2.45) is 0 Å². The van der Waals surface area contributed by atoms with Crippen LogP contribution in [0.4, 0.5) is 13.2 Å². The number of carbonyl (C=O) groups excluding carboxylic acids is 1. The Morgan fingerprint density at radius 2 is 1.87 bits per heavy atom. The Morgan fingerprint density at radius 3 is 2.57 bits per heavy atom. The van der Waals surface area contributed by atoms with Crippen LogP contribution in [0.2, 0.25) is 5.02 Å². The van der Waals surface area contributed by atoms with Gasteiger partial charge in [0.15, 0.2) is 0 Å². The number of carbonyl (C=O) groups is 1. The molecule has 0 fully saturated rings. The molecule has 1 N–H and O–H groups in total. The highest BCUT2D eigenvalue weighted by Gasteiger charge is 2.31. The van der Waals surface area contributed by atoms with Crippen molar-refractivity contribution in [2.45, 2.75) is 16.2 Å². The second-order valence-corrected chi connectivity index (χ2v) is 7.27. The molecule has 0 aliphatic carbocycles. The number of nitrogens with zero attached hydrogens (tertiary/aromatic N) is 2. The van der Waals surface area contributed by atoms with Gasteiger partial charge < -0.3 is 10.1 Å². The number of pyridine rings is 2. The molecular weight excluding hydrogens is 439 g/mol. The Hall–Kier alpha value is -2.78. The Bertz CT molecular complexity index is 1020. The minimum Gasteiger partial charge on any atom is -0.492 e. The van der Waals surface area contributed by atoms with Crippen molar-refractivity contribution < 1.29 is 22.7 Å². The first-order valence-corrected chi connectivity index (χ1v) is 9.85. The number of alkyl halides is 3. The fraction of sp³-hybridized carbons (Fsp3) is 0.150. The molecule has 0 unspecified atom stereocenters. The lowest BCUT2D eigenvalue weighted by Crippen LogP contribution is -2.28. The largest absolute Gasteiger partial charge is 0.492 e. The van der Waals surface area contributed by atoms with Gasteiger partial charge in [0, 0.05) is 12.4 Å². The summed E-state index contributed by atoms with van der Waals surface area (Å²) in [6.45, 7) is 0.525. The summed E-state index contributed by atoms with van der Waals surface area (Å²) in [5.41, 5.74) is -0.700. The van der Waals surface area contributed by atoms with Crippen LogP contribution >= 0.6 is 23.4 Å². The van der Waals surface area contributed by atoms with Crippen molar-refractivity contribution in [3.8, 4) is 5.75 Å². The van der Waals surface area contributed by atoms with Gasteiger partial charge in [-0.1, -0.05) is 29.8 Å². The van der Waals surface area contributed by atoms with E-state index in [4.69, 9.17) is 16.3 Å². The molecule has 0 saturated carbocycles. The van der Waals surface area contributed by atoms with Gasteiger partial charge in [0.05, 0.1) is 22.7 Å². The van der Waals surface area contributed by atoms with Crippen LogP contribution < -0.4 is 10.1 Å². The molecular formula is C20H15ClF3N3O2S. The molecule has 0 aliphatic rings. The Balaban J connectivity index is 1.65. The van der Waals surface area contributed by atoms with E-state index in [0.717, 1.165) is 17.8 Å². The van der Waals surface area contributed by atoms with E-state index in [1.54, 1.807) is 24.3 Å². The lowest BCUT2D eigenvalue weighted by atomic mass is 10.2. The van der Waals surface area contributed by atoms with Gasteiger partial charge in [-0.2, -0.15) is 13.2 Å². The fourth-order valence-corrected chi connectivity index (χ4v) is 3.45. The second-order valence-electron chi connectivity index (χ2n) is 5.88. The van der Waals surface area contributed by atoms with Crippen LogP contribution in [0.3, 0.4) is 0 Å². The van der Waals surface area contributed by atoms with Gasteiger partial charge in [-0.25, -0.2) is 9.97 Å².